The summed E-state index contributed by atoms with van der Waals surface area (Å²) < 4.78 is 0. The maximum atomic E-state index is 10.9. The molecule has 0 atom stereocenters. The van der Waals surface area contributed by atoms with Crippen molar-refractivity contribution in [1.29, 1.82) is 0 Å². The minimum Gasteiger partial charge on any atom is -0.507 e. The number of hydrogen-bond acceptors (Lipinski definition) is 3. The molecule has 0 amide bonds. The fourth-order valence-corrected chi connectivity index (χ4v) is 2.80. The van der Waals surface area contributed by atoms with E-state index in [1.165, 1.54) is 12.1 Å². The van der Waals surface area contributed by atoms with Crippen LogP contribution >= 0.6 is 0 Å². The van der Waals surface area contributed by atoms with Crippen molar-refractivity contribution in [2.45, 2.75) is 4.90 Å². The molecule has 0 aliphatic rings. The van der Waals surface area contributed by atoms with Gasteiger partial charge in [0.05, 0.1) is 4.92 Å². The Morgan fingerprint density at radius 2 is 1.94 bits per heavy atom. The first kappa shape index (κ1) is 11.7. The fourth-order valence-electron chi connectivity index (χ4n) is 1.85. The van der Waals surface area contributed by atoms with Gasteiger partial charge in [0, 0.05) is 22.3 Å². The van der Waals surface area contributed by atoms with Crippen LogP contribution in [0.25, 0.3) is 10.8 Å². The van der Waals surface area contributed by atoms with E-state index in [-0.39, 0.29) is 22.3 Å². The van der Waals surface area contributed by atoms with Crippen LogP contribution in [0.2, 0.25) is 0 Å². The normalized spacial score (nSPS) is 11.0. The van der Waals surface area contributed by atoms with E-state index < -0.39 is 4.92 Å². The monoisotopic (exact) mass is 250 g/mol. The topological polar surface area (TPSA) is 63.4 Å². The molecule has 0 aliphatic heterocycles. The quantitative estimate of drug-likeness (QED) is 0.506. The van der Waals surface area contributed by atoms with Gasteiger partial charge >= 0.3 is 0 Å². The van der Waals surface area contributed by atoms with Crippen molar-refractivity contribution in [2.24, 2.45) is 0 Å². The lowest BCUT2D eigenvalue weighted by Gasteiger charge is -2.05. The van der Waals surface area contributed by atoms with E-state index in [0.29, 0.717) is 5.39 Å². The van der Waals surface area contributed by atoms with Gasteiger partial charge in [-0.2, -0.15) is 0 Å². The Kier molecular flexibility index (Phi) is 2.93. The van der Waals surface area contributed by atoms with Crippen molar-refractivity contribution in [2.75, 3.05) is 12.5 Å². The lowest BCUT2D eigenvalue weighted by molar-refractivity contribution is -0.383. The zero-order valence-corrected chi connectivity index (χ0v) is 10.3. The molecule has 0 heterocycles. The number of nitrogens with zero attached hydrogens (tertiary/aromatic N) is 1. The molecule has 0 radical (unpaired) electrons. The van der Waals surface area contributed by atoms with Crippen LogP contribution in [0.5, 0.6) is 5.75 Å². The average Bonchev–Trinajstić information content (AvgIpc) is 2.28. The number of non-ortho nitro benzene ring substituents is 1. The molecule has 0 bridgehead atoms. The molecule has 2 aromatic carbocycles. The Balaban J connectivity index is 2.90. The van der Waals surface area contributed by atoms with Gasteiger partial charge in [-0.1, -0.05) is 6.07 Å². The van der Waals surface area contributed by atoms with Crippen molar-refractivity contribution in [3.05, 3.63) is 40.4 Å². The third-order valence-electron chi connectivity index (χ3n) is 2.59. The third kappa shape index (κ3) is 1.93. The summed E-state index contributed by atoms with van der Waals surface area (Å²) in [6.45, 7) is 0. The molecule has 88 valence electrons. The largest absolute Gasteiger partial charge is 0.507 e. The van der Waals surface area contributed by atoms with Crippen LogP contribution in [-0.2, 0) is 10.9 Å². The lowest BCUT2D eigenvalue weighted by atomic mass is 10.1. The molecule has 0 saturated carbocycles. The van der Waals surface area contributed by atoms with E-state index in [9.17, 15) is 15.2 Å². The molecule has 17 heavy (non-hydrogen) atoms. The van der Waals surface area contributed by atoms with Crippen LogP contribution in [0.4, 0.5) is 5.69 Å². The second-order valence-corrected chi connectivity index (χ2v) is 5.93. The van der Waals surface area contributed by atoms with Gasteiger partial charge in [-0.3, -0.25) is 10.1 Å². The average molecular weight is 250 g/mol. The molecule has 0 unspecified atom stereocenters. The molecular weight excluding hydrogens is 238 g/mol. The predicted molar refractivity (Wildman–Crippen MR) is 69.7 cm³/mol. The minimum atomic E-state index is -0.463. The number of rotatable bonds is 2. The predicted octanol–water partition coefficient (Wildman–Crippen LogP) is 2.69. The smallest absolute Gasteiger partial charge is 0.281 e. The highest BCUT2D eigenvalue weighted by atomic mass is 32.2. The number of hydrogen-bond donors (Lipinski definition) is 1. The Bertz CT molecular complexity index is 596. The highest BCUT2D eigenvalue weighted by Gasteiger charge is 2.21. The van der Waals surface area contributed by atoms with Crippen LogP contribution in [-0.4, -0.2) is 22.5 Å². The summed E-state index contributed by atoms with van der Waals surface area (Å²) in [5, 5.41) is 21.8. The van der Waals surface area contributed by atoms with Gasteiger partial charge in [0.2, 0.25) is 0 Å². The minimum absolute atomic E-state index is 0.0170. The molecule has 0 aliphatic carbocycles. The van der Waals surface area contributed by atoms with Gasteiger partial charge in [-0.05, 0) is 18.2 Å². The van der Waals surface area contributed by atoms with Crippen molar-refractivity contribution in [3.8, 4) is 5.75 Å². The lowest BCUT2D eigenvalue weighted by Crippen LogP contribution is -1.98. The summed E-state index contributed by atoms with van der Waals surface area (Å²) in [6, 6.07) is 8.22. The summed E-state index contributed by atoms with van der Waals surface area (Å²) in [6.07, 6.45) is 4.09. The Labute approximate surface area is 101 Å². The maximum Gasteiger partial charge on any atom is 0.281 e. The molecule has 0 spiro atoms. The van der Waals surface area contributed by atoms with Gasteiger partial charge in [0.1, 0.15) is 23.6 Å². The summed E-state index contributed by atoms with van der Waals surface area (Å²) in [5.41, 5.74) is -0.0488. The van der Waals surface area contributed by atoms with Crippen molar-refractivity contribution < 1.29 is 10.0 Å². The van der Waals surface area contributed by atoms with Crippen molar-refractivity contribution >= 4 is 27.4 Å². The highest BCUT2D eigenvalue weighted by molar-refractivity contribution is 7.95. The summed E-state index contributed by atoms with van der Waals surface area (Å²) in [5.74, 6) is -0.0403. The number of phenols is 1. The standard InChI is InChI=1S/C12H11NO3S/c1-17(2)11-7-6-10(14)12-8(11)4-3-5-9(12)13(15)16/h3-7H,1-2H3/p+1. The summed E-state index contributed by atoms with van der Waals surface area (Å²) in [4.78, 5) is 11.5. The fraction of sp³-hybridized carbons (Fsp3) is 0.167. The number of nitro benzene ring substituents is 1. The van der Waals surface area contributed by atoms with Crippen LogP contribution in [0.3, 0.4) is 0 Å². The van der Waals surface area contributed by atoms with Gasteiger partial charge < -0.3 is 5.11 Å². The molecule has 0 aromatic heterocycles. The molecule has 2 aromatic rings. The van der Waals surface area contributed by atoms with Gasteiger partial charge in [-0.15, -0.1) is 0 Å². The van der Waals surface area contributed by atoms with Gasteiger partial charge in [-0.25, -0.2) is 0 Å². The van der Waals surface area contributed by atoms with E-state index in [4.69, 9.17) is 0 Å². The van der Waals surface area contributed by atoms with Crippen LogP contribution in [0.1, 0.15) is 0 Å². The first-order valence-corrected chi connectivity index (χ1v) is 7.03. The van der Waals surface area contributed by atoms with Gasteiger partial charge in [0.15, 0.2) is 4.90 Å². The van der Waals surface area contributed by atoms with E-state index >= 15 is 0 Å². The molecule has 1 N–H and O–H groups in total. The van der Waals surface area contributed by atoms with E-state index in [2.05, 4.69) is 0 Å². The summed E-state index contributed by atoms with van der Waals surface area (Å²) in [7, 11) is -0.0170. The maximum absolute atomic E-state index is 10.9. The highest BCUT2D eigenvalue weighted by Crippen LogP contribution is 2.36. The Morgan fingerprint density at radius 1 is 1.24 bits per heavy atom. The first-order chi connectivity index (χ1) is 8.02. The number of aromatic hydroxyl groups is 1. The zero-order valence-electron chi connectivity index (χ0n) is 9.51. The Hall–Kier alpha value is -1.75. The van der Waals surface area contributed by atoms with E-state index in [1.54, 1.807) is 6.07 Å². The van der Waals surface area contributed by atoms with Crippen LogP contribution < -0.4 is 0 Å². The molecule has 4 nitrogen and oxygen atoms in total. The van der Waals surface area contributed by atoms with E-state index in [0.717, 1.165) is 10.3 Å². The van der Waals surface area contributed by atoms with Crippen LogP contribution in [0, 0.1) is 10.1 Å². The SMILES string of the molecule is C[S+](C)c1ccc(O)c2c([N+](=O)[O-])cccc12. The second kappa shape index (κ2) is 4.25. The summed E-state index contributed by atoms with van der Waals surface area (Å²) >= 11 is 0. The molecule has 0 saturated heterocycles. The van der Waals surface area contributed by atoms with Crippen molar-refractivity contribution in [1.82, 2.24) is 0 Å². The molecular formula is C12H12NO3S+. The number of fused-ring (bicyclic) bond motifs is 1. The zero-order chi connectivity index (χ0) is 12.6. The number of nitro groups is 1. The van der Waals surface area contributed by atoms with Crippen LogP contribution in [0.15, 0.2) is 35.2 Å². The van der Waals surface area contributed by atoms with Crippen molar-refractivity contribution in [3.63, 3.8) is 0 Å². The third-order valence-corrected chi connectivity index (χ3v) is 3.83. The number of phenolic OH excluding ortho intramolecular Hbond substituents is 1. The Morgan fingerprint density at radius 3 is 2.53 bits per heavy atom. The first-order valence-electron chi connectivity index (χ1n) is 4.99. The number of benzene rings is 2. The molecule has 5 heteroatoms. The molecule has 2 rings (SSSR count). The molecule has 0 fully saturated rings. The van der Waals surface area contributed by atoms with Gasteiger partial charge in [0.25, 0.3) is 5.69 Å². The second-order valence-electron chi connectivity index (χ2n) is 3.86. The van der Waals surface area contributed by atoms with E-state index in [1.807, 2.05) is 24.6 Å².